The van der Waals surface area contributed by atoms with Gasteiger partial charge in [-0.25, -0.2) is 8.42 Å². The lowest BCUT2D eigenvalue weighted by Crippen LogP contribution is -2.38. The van der Waals surface area contributed by atoms with E-state index in [0.29, 0.717) is 4.90 Å². The minimum atomic E-state index is -3.15. The fourth-order valence-corrected chi connectivity index (χ4v) is 2.30. The third kappa shape index (κ3) is 5.61. The molecule has 0 bridgehead atoms. The van der Waals surface area contributed by atoms with Crippen LogP contribution in [0.15, 0.2) is 23.1 Å². The summed E-state index contributed by atoms with van der Waals surface area (Å²) in [6.07, 6.45) is 1.22. The summed E-state index contributed by atoms with van der Waals surface area (Å²) in [7, 11) is -3.15. The molecule has 1 rings (SSSR count). The van der Waals surface area contributed by atoms with Gasteiger partial charge in [0.1, 0.15) is 0 Å². The van der Waals surface area contributed by atoms with Crippen molar-refractivity contribution in [2.75, 3.05) is 24.7 Å². The van der Waals surface area contributed by atoms with Gasteiger partial charge in [0.25, 0.3) is 0 Å². The quantitative estimate of drug-likeness (QED) is 0.814. The van der Waals surface area contributed by atoms with Gasteiger partial charge in [-0.05, 0) is 45.4 Å². The fourth-order valence-electron chi connectivity index (χ4n) is 1.66. The molecule has 0 saturated carbocycles. The van der Waals surface area contributed by atoms with Gasteiger partial charge in [-0.3, -0.25) is 0 Å². The first-order chi connectivity index (χ1) is 8.59. The molecule has 1 aromatic rings. The first-order valence-corrected chi connectivity index (χ1v) is 8.28. The SMILES string of the molecule is Cc1ccc(S(C)(=O)=O)cc1NCCNC(C)(C)C. The smallest absolute Gasteiger partial charge is 0.175 e. The van der Waals surface area contributed by atoms with Crippen molar-refractivity contribution >= 4 is 15.5 Å². The maximum atomic E-state index is 11.5. The van der Waals surface area contributed by atoms with E-state index in [1.54, 1.807) is 12.1 Å². The third-order valence-electron chi connectivity index (χ3n) is 2.73. The first-order valence-electron chi connectivity index (χ1n) is 6.39. The molecule has 0 heterocycles. The lowest BCUT2D eigenvalue weighted by Gasteiger charge is -2.21. The van der Waals surface area contributed by atoms with Crippen molar-refractivity contribution in [2.24, 2.45) is 0 Å². The Kier molecular flexibility index (Phi) is 4.98. The van der Waals surface area contributed by atoms with Gasteiger partial charge in [0.15, 0.2) is 9.84 Å². The van der Waals surface area contributed by atoms with Crippen LogP contribution >= 0.6 is 0 Å². The van der Waals surface area contributed by atoms with Crippen LogP contribution in [0.1, 0.15) is 26.3 Å². The largest absolute Gasteiger partial charge is 0.384 e. The molecule has 0 aliphatic heterocycles. The van der Waals surface area contributed by atoms with Crippen molar-refractivity contribution in [3.8, 4) is 0 Å². The molecule has 0 aromatic heterocycles. The van der Waals surface area contributed by atoms with Crippen LogP contribution in [0.2, 0.25) is 0 Å². The average molecular weight is 284 g/mol. The highest BCUT2D eigenvalue weighted by Gasteiger charge is 2.10. The summed E-state index contributed by atoms with van der Waals surface area (Å²) in [5, 5.41) is 6.65. The van der Waals surface area contributed by atoms with E-state index in [-0.39, 0.29) is 5.54 Å². The molecule has 0 radical (unpaired) electrons. The Hall–Kier alpha value is -1.07. The first kappa shape index (κ1) is 16.0. The van der Waals surface area contributed by atoms with Crippen LogP contribution in [0.25, 0.3) is 0 Å². The fraction of sp³-hybridized carbons (Fsp3) is 0.571. The van der Waals surface area contributed by atoms with Crippen molar-refractivity contribution in [3.63, 3.8) is 0 Å². The Morgan fingerprint density at radius 1 is 1.16 bits per heavy atom. The summed E-state index contributed by atoms with van der Waals surface area (Å²) >= 11 is 0. The number of hydrogen-bond acceptors (Lipinski definition) is 4. The number of nitrogens with one attached hydrogen (secondary N) is 2. The second kappa shape index (κ2) is 5.92. The summed E-state index contributed by atoms with van der Waals surface area (Å²) < 4.78 is 23.0. The van der Waals surface area contributed by atoms with Crippen molar-refractivity contribution in [3.05, 3.63) is 23.8 Å². The molecule has 108 valence electrons. The van der Waals surface area contributed by atoms with E-state index >= 15 is 0 Å². The Morgan fingerprint density at radius 3 is 2.32 bits per heavy atom. The zero-order valence-electron chi connectivity index (χ0n) is 12.4. The third-order valence-corrected chi connectivity index (χ3v) is 3.84. The monoisotopic (exact) mass is 284 g/mol. The second-order valence-electron chi connectivity index (χ2n) is 5.85. The van der Waals surface area contributed by atoms with E-state index in [2.05, 4.69) is 31.4 Å². The standard InChI is InChI=1S/C14H24N2O2S/c1-11-6-7-12(19(5,17)18)10-13(11)15-8-9-16-14(2,3)4/h6-7,10,15-16H,8-9H2,1-5H3. The minimum Gasteiger partial charge on any atom is -0.384 e. The summed E-state index contributed by atoms with van der Waals surface area (Å²) in [6.45, 7) is 9.89. The van der Waals surface area contributed by atoms with Crippen LogP contribution in [0, 0.1) is 6.92 Å². The van der Waals surface area contributed by atoms with Crippen LogP contribution in [0.3, 0.4) is 0 Å². The highest BCUT2D eigenvalue weighted by Crippen LogP contribution is 2.19. The van der Waals surface area contributed by atoms with Gasteiger partial charge in [-0.15, -0.1) is 0 Å². The maximum absolute atomic E-state index is 11.5. The predicted octanol–water partition coefficient (Wildman–Crippen LogP) is 2.20. The van der Waals surface area contributed by atoms with E-state index in [1.807, 2.05) is 13.0 Å². The highest BCUT2D eigenvalue weighted by molar-refractivity contribution is 7.90. The number of benzene rings is 1. The molecule has 0 spiro atoms. The van der Waals surface area contributed by atoms with Crippen LogP contribution < -0.4 is 10.6 Å². The minimum absolute atomic E-state index is 0.0886. The molecular weight excluding hydrogens is 260 g/mol. The molecule has 0 saturated heterocycles. The van der Waals surface area contributed by atoms with Crippen molar-refractivity contribution in [1.29, 1.82) is 0 Å². The highest BCUT2D eigenvalue weighted by atomic mass is 32.2. The summed E-state index contributed by atoms with van der Waals surface area (Å²) in [4.78, 5) is 0.351. The summed E-state index contributed by atoms with van der Waals surface area (Å²) in [5.74, 6) is 0. The molecule has 2 N–H and O–H groups in total. The molecule has 0 fully saturated rings. The van der Waals surface area contributed by atoms with Gasteiger partial charge < -0.3 is 10.6 Å². The van der Waals surface area contributed by atoms with E-state index < -0.39 is 9.84 Å². The Morgan fingerprint density at radius 2 is 1.79 bits per heavy atom. The average Bonchev–Trinajstić information content (AvgIpc) is 2.23. The molecule has 5 heteroatoms. The number of aryl methyl sites for hydroxylation is 1. The molecule has 19 heavy (non-hydrogen) atoms. The van der Waals surface area contributed by atoms with Gasteiger partial charge in [0.05, 0.1) is 4.90 Å². The van der Waals surface area contributed by atoms with Crippen LogP contribution in [0.5, 0.6) is 0 Å². The zero-order valence-corrected chi connectivity index (χ0v) is 13.2. The predicted molar refractivity (Wildman–Crippen MR) is 80.5 cm³/mol. The second-order valence-corrected chi connectivity index (χ2v) is 7.87. The van der Waals surface area contributed by atoms with Gasteiger partial charge in [0, 0.05) is 30.6 Å². The molecular formula is C14H24N2O2S. The van der Waals surface area contributed by atoms with Gasteiger partial charge >= 0.3 is 0 Å². The van der Waals surface area contributed by atoms with Crippen LogP contribution in [0.4, 0.5) is 5.69 Å². The number of anilines is 1. The van der Waals surface area contributed by atoms with Crippen LogP contribution in [-0.4, -0.2) is 33.3 Å². The molecule has 0 aliphatic rings. The van der Waals surface area contributed by atoms with Gasteiger partial charge in [-0.1, -0.05) is 6.07 Å². The molecule has 0 atom stereocenters. The summed E-state index contributed by atoms with van der Waals surface area (Å²) in [5.41, 5.74) is 2.01. The van der Waals surface area contributed by atoms with Crippen molar-refractivity contribution in [1.82, 2.24) is 5.32 Å². The van der Waals surface area contributed by atoms with Gasteiger partial charge in [0.2, 0.25) is 0 Å². The number of sulfone groups is 1. The lowest BCUT2D eigenvalue weighted by atomic mass is 10.1. The van der Waals surface area contributed by atoms with E-state index in [0.717, 1.165) is 24.3 Å². The Bertz CT molecular complexity index is 531. The zero-order chi connectivity index (χ0) is 14.7. The van der Waals surface area contributed by atoms with Crippen molar-refractivity contribution < 1.29 is 8.42 Å². The molecule has 0 aliphatic carbocycles. The van der Waals surface area contributed by atoms with E-state index in [9.17, 15) is 8.42 Å². The Balaban J connectivity index is 2.68. The normalized spacial score (nSPS) is 12.5. The molecule has 4 nitrogen and oxygen atoms in total. The maximum Gasteiger partial charge on any atom is 0.175 e. The molecule has 1 aromatic carbocycles. The molecule has 0 amide bonds. The lowest BCUT2D eigenvalue weighted by molar-refractivity contribution is 0.435. The summed E-state index contributed by atoms with van der Waals surface area (Å²) in [6, 6.07) is 5.17. The topological polar surface area (TPSA) is 58.2 Å². The number of rotatable bonds is 5. The molecule has 0 unspecified atom stereocenters. The van der Waals surface area contributed by atoms with Gasteiger partial charge in [-0.2, -0.15) is 0 Å². The van der Waals surface area contributed by atoms with E-state index in [1.165, 1.54) is 6.26 Å². The van der Waals surface area contributed by atoms with E-state index in [4.69, 9.17) is 0 Å². The Labute approximate surface area is 116 Å². The van der Waals surface area contributed by atoms with Crippen molar-refractivity contribution in [2.45, 2.75) is 38.1 Å². The number of hydrogen-bond donors (Lipinski definition) is 2. The van der Waals surface area contributed by atoms with Crippen LogP contribution in [-0.2, 0) is 9.84 Å².